The Hall–Kier alpha value is -1.88. The molecule has 2 N–H and O–H groups in total. The average molecular weight is 315 g/mol. The van der Waals surface area contributed by atoms with E-state index in [0.717, 1.165) is 56.7 Å². The standard InChI is InChI=1S/C18H25N3O2/c22-17(8-7-14-9-11-19-12-10-14)20-15-4-1-2-5-16(15)21-13-3-6-18(21)23/h1-2,4-5,14,19H,3,6-13H2,(H,20,22). The number of benzene rings is 1. The van der Waals surface area contributed by atoms with Crippen molar-refractivity contribution in [2.45, 2.75) is 38.5 Å². The minimum Gasteiger partial charge on any atom is -0.324 e. The number of para-hydroxylation sites is 2. The van der Waals surface area contributed by atoms with Crippen LogP contribution in [0.1, 0.15) is 38.5 Å². The molecule has 0 spiro atoms. The second kappa shape index (κ2) is 7.59. The predicted molar refractivity (Wildman–Crippen MR) is 91.5 cm³/mol. The van der Waals surface area contributed by atoms with E-state index < -0.39 is 0 Å². The first-order valence-electron chi connectivity index (χ1n) is 8.64. The number of carbonyl (C=O) groups excluding carboxylic acids is 2. The van der Waals surface area contributed by atoms with Crippen LogP contribution in [-0.2, 0) is 9.59 Å². The lowest BCUT2D eigenvalue weighted by atomic mass is 9.93. The highest BCUT2D eigenvalue weighted by Crippen LogP contribution is 2.29. The Morgan fingerprint density at radius 3 is 2.78 bits per heavy atom. The van der Waals surface area contributed by atoms with Gasteiger partial charge in [-0.1, -0.05) is 12.1 Å². The summed E-state index contributed by atoms with van der Waals surface area (Å²) in [6, 6.07) is 7.59. The number of nitrogens with zero attached hydrogens (tertiary/aromatic N) is 1. The summed E-state index contributed by atoms with van der Waals surface area (Å²) >= 11 is 0. The minimum atomic E-state index is 0.0441. The van der Waals surface area contributed by atoms with Crippen molar-refractivity contribution >= 4 is 23.2 Å². The van der Waals surface area contributed by atoms with E-state index in [1.165, 1.54) is 0 Å². The normalized spacial score (nSPS) is 19.1. The maximum Gasteiger partial charge on any atom is 0.227 e. The third kappa shape index (κ3) is 4.10. The third-order valence-electron chi connectivity index (χ3n) is 4.78. The summed E-state index contributed by atoms with van der Waals surface area (Å²) in [6.07, 6.45) is 5.29. The second-order valence-electron chi connectivity index (χ2n) is 6.45. The molecular weight excluding hydrogens is 290 g/mol. The van der Waals surface area contributed by atoms with Crippen LogP contribution < -0.4 is 15.5 Å². The summed E-state index contributed by atoms with van der Waals surface area (Å²) in [6.45, 7) is 2.86. The van der Waals surface area contributed by atoms with Crippen molar-refractivity contribution in [3.8, 4) is 0 Å². The fourth-order valence-corrected chi connectivity index (χ4v) is 3.44. The monoisotopic (exact) mass is 315 g/mol. The van der Waals surface area contributed by atoms with Crippen LogP contribution in [0.5, 0.6) is 0 Å². The van der Waals surface area contributed by atoms with Gasteiger partial charge in [0, 0.05) is 19.4 Å². The van der Waals surface area contributed by atoms with Crippen LogP contribution in [0.15, 0.2) is 24.3 Å². The molecule has 3 rings (SSSR count). The molecule has 1 aromatic rings. The summed E-state index contributed by atoms with van der Waals surface area (Å²) in [7, 11) is 0. The zero-order valence-electron chi connectivity index (χ0n) is 13.5. The molecule has 5 nitrogen and oxygen atoms in total. The van der Waals surface area contributed by atoms with Crippen LogP contribution in [0.2, 0.25) is 0 Å². The molecule has 124 valence electrons. The van der Waals surface area contributed by atoms with E-state index in [-0.39, 0.29) is 11.8 Å². The Morgan fingerprint density at radius 2 is 2.04 bits per heavy atom. The van der Waals surface area contributed by atoms with Crippen LogP contribution in [0.25, 0.3) is 0 Å². The van der Waals surface area contributed by atoms with Crippen LogP contribution >= 0.6 is 0 Å². The Morgan fingerprint density at radius 1 is 1.26 bits per heavy atom. The third-order valence-corrected chi connectivity index (χ3v) is 4.78. The van der Waals surface area contributed by atoms with Gasteiger partial charge in [-0.3, -0.25) is 9.59 Å². The molecule has 1 aromatic carbocycles. The molecule has 0 atom stereocenters. The number of hydrogen-bond acceptors (Lipinski definition) is 3. The molecule has 2 fully saturated rings. The first-order chi connectivity index (χ1) is 11.2. The van der Waals surface area contributed by atoms with Gasteiger partial charge in [0.15, 0.2) is 0 Å². The highest BCUT2D eigenvalue weighted by Gasteiger charge is 2.24. The summed E-state index contributed by atoms with van der Waals surface area (Å²) in [5, 5.41) is 6.35. The summed E-state index contributed by atoms with van der Waals surface area (Å²) in [5.74, 6) is 0.835. The van der Waals surface area contributed by atoms with Crippen molar-refractivity contribution in [1.82, 2.24) is 5.32 Å². The van der Waals surface area contributed by atoms with Crippen molar-refractivity contribution in [3.63, 3.8) is 0 Å². The van der Waals surface area contributed by atoms with E-state index in [0.29, 0.717) is 18.8 Å². The molecule has 2 amide bonds. The lowest BCUT2D eigenvalue weighted by Gasteiger charge is -2.23. The Kier molecular flexibility index (Phi) is 5.28. The number of amides is 2. The molecule has 5 heteroatoms. The quantitative estimate of drug-likeness (QED) is 0.878. The lowest BCUT2D eigenvalue weighted by Crippen LogP contribution is -2.28. The van der Waals surface area contributed by atoms with Gasteiger partial charge in [0.1, 0.15) is 0 Å². The van der Waals surface area contributed by atoms with E-state index in [2.05, 4.69) is 10.6 Å². The number of carbonyl (C=O) groups is 2. The number of hydrogen-bond donors (Lipinski definition) is 2. The molecule has 0 radical (unpaired) electrons. The van der Waals surface area contributed by atoms with Crippen LogP contribution in [0, 0.1) is 5.92 Å². The molecule has 0 saturated carbocycles. The highest BCUT2D eigenvalue weighted by atomic mass is 16.2. The molecular formula is C18H25N3O2. The van der Waals surface area contributed by atoms with Crippen molar-refractivity contribution < 1.29 is 9.59 Å². The Bertz CT molecular complexity index is 567. The first kappa shape index (κ1) is 16.0. The lowest BCUT2D eigenvalue weighted by molar-refractivity contribution is -0.117. The summed E-state index contributed by atoms with van der Waals surface area (Å²) in [5.41, 5.74) is 1.57. The smallest absolute Gasteiger partial charge is 0.227 e. The fraction of sp³-hybridized carbons (Fsp3) is 0.556. The van der Waals surface area contributed by atoms with Crippen LogP contribution in [0.4, 0.5) is 11.4 Å². The van der Waals surface area contributed by atoms with Crippen molar-refractivity contribution in [2.75, 3.05) is 29.9 Å². The molecule has 2 aliphatic rings. The summed E-state index contributed by atoms with van der Waals surface area (Å²) < 4.78 is 0. The van der Waals surface area contributed by atoms with Crippen molar-refractivity contribution in [3.05, 3.63) is 24.3 Å². The average Bonchev–Trinajstić information content (AvgIpc) is 3.00. The van der Waals surface area contributed by atoms with Gasteiger partial charge in [0.05, 0.1) is 11.4 Å². The molecule has 0 aliphatic carbocycles. The number of nitrogens with one attached hydrogen (secondary N) is 2. The van der Waals surface area contributed by atoms with E-state index >= 15 is 0 Å². The number of anilines is 2. The Labute approximate surface area is 137 Å². The van der Waals surface area contributed by atoms with E-state index in [4.69, 9.17) is 0 Å². The van der Waals surface area contributed by atoms with Gasteiger partial charge in [-0.25, -0.2) is 0 Å². The van der Waals surface area contributed by atoms with Crippen molar-refractivity contribution in [2.24, 2.45) is 5.92 Å². The van der Waals surface area contributed by atoms with Gasteiger partial charge in [-0.15, -0.1) is 0 Å². The second-order valence-corrected chi connectivity index (χ2v) is 6.45. The molecule has 2 saturated heterocycles. The minimum absolute atomic E-state index is 0.0441. The SMILES string of the molecule is O=C(CCC1CCNCC1)Nc1ccccc1N1CCCC1=O. The maximum absolute atomic E-state index is 12.3. The number of piperidine rings is 1. The zero-order valence-corrected chi connectivity index (χ0v) is 13.5. The van der Waals surface area contributed by atoms with Crippen molar-refractivity contribution in [1.29, 1.82) is 0 Å². The summed E-state index contributed by atoms with van der Waals surface area (Å²) in [4.78, 5) is 26.0. The fourth-order valence-electron chi connectivity index (χ4n) is 3.44. The van der Waals surface area contributed by atoms with Gasteiger partial charge in [0.25, 0.3) is 0 Å². The topological polar surface area (TPSA) is 61.4 Å². The zero-order chi connectivity index (χ0) is 16.1. The van der Waals surface area contributed by atoms with Crippen LogP contribution in [-0.4, -0.2) is 31.4 Å². The first-order valence-corrected chi connectivity index (χ1v) is 8.64. The Balaban J connectivity index is 1.58. The van der Waals surface area contributed by atoms with Crippen LogP contribution in [0.3, 0.4) is 0 Å². The molecule has 2 aliphatic heterocycles. The maximum atomic E-state index is 12.3. The van der Waals surface area contributed by atoms with E-state index in [1.54, 1.807) is 4.90 Å². The van der Waals surface area contributed by atoms with E-state index in [9.17, 15) is 9.59 Å². The van der Waals surface area contributed by atoms with Gasteiger partial charge in [-0.05, 0) is 56.8 Å². The molecule has 0 unspecified atom stereocenters. The van der Waals surface area contributed by atoms with Gasteiger partial charge >= 0.3 is 0 Å². The molecule has 2 heterocycles. The molecule has 23 heavy (non-hydrogen) atoms. The largest absolute Gasteiger partial charge is 0.324 e. The molecule has 0 bridgehead atoms. The molecule has 0 aromatic heterocycles. The highest BCUT2D eigenvalue weighted by molar-refractivity contribution is 6.02. The number of rotatable bonds is 5. The van der Waals surface area contributed by atoms with Gasteiger partial charge in [0.2, 0.25) is 11.8 Å². The van der Waals surface area contributed by atoms with E-state index in [1.807, 2.05) is 24.3 Å². The predicted octanol–water partition coefficient (Wildman–Crippen LogP) is 2.53. The van der Waals surface area contributed by atoms with Gasteiger partial charge < -0.3 is 15.5 Å². The van der Waals surface area contributed by atoms with Gasteiger partial charge in [-0.2, -0.15) is 0 Å².